The lowest BCUT2D eigenvalue weighted by Gasteiger charge is -2.25. The van der Waals surface area contributed by atoms with Crippen LogP contribution in [0.1, 0.15) is 31.0 Å². The van der Waals surface area contributed by atoms with Crippen LogP contribution < -0.4 is 5.56 Å². The Kier molecular flexibility index (Phi) is 3.51. The number of ether oxygens (including phenoxy) is 1. The minimum absolute atomic E-state index is 0.0843. The molecule has 6 nitrogen and oxygen atoms in total. The van der Waals surface area contributed by atoms with Crippen LogP contribution in [0.25, 0.3) is 0 Å². The molecule has 0 bridgehead atoms. The first kappa shape index (κ1) is 11.8. The van der Waals surface area contributed by atoms with Gasteiger partial charge in [0.25, 0.3) is 5.56 Å². The van der Waals surface area contributed by atoms with Crippen LogP contribution in [0, 0.1) is 0 Å². The van der Waals surface area contributed by atoms with Crippen LogP contribution in [0.2, 0.25) is 0 Å². The summed E-state index contributed by atoms with van der Waals surface area (Å²) in [6.07, 6.45) is 2.16. The Morgan fingerprint density at radius 1 is 1.47 bits per heavy atom. The highest BCUT2D eigenvalue weighted by atomic mass is 16.6. The van der Waals surface area contributed by atoms with Gasteiger partial charge in [0.2, 0.25) is 0 Å². The van der Waals surface area contributed by atoms with Crippen molar-refractivity contribution in [3.63, 3.8) is 0 Å². The van der Waals surface area contributed by atoms with Crippen LogP contribution in [0.4, 0.5) is 4.79 Å². The third kappa shape index (κ3) is 2.51. The molecule has 17 heavy (non-hydrogen) atoms. The first-order valence-corrected chi connectivity index (χ1v) is 5.92. The fourth-order valence-corrected chi connectivity index (χ4v) is 1.89. The number of fused-ring (bicyclic) bond motifs is 1. The van der Waals surface area contributed by atoms with Gasteiger partial charge in [0.05, 0.1) is 18.8 Å². The number of amides is 1. The summed E-state index contributed by atoms with van der Waals surface area (Å²) in [6.45, 7) is 3.46. The number of nitrogens with zero attached hydrogens (tertiary/aromatic N) is 1. The summed E-state index contributed by atoms with van der Waals surface area (Å²) in [5.41, 5.74) is 1.45. The lowest BCUT2D eigenvalue weighted by molar-refractivity contribution is 0.0961. The quantitative estimate of drug-likeness (QED) is 0.772. The van der Waals surface area contributed by atoms with Gasteiger partial charge in [-0.2, -0.15) is 0 Å². The summed E-state index contributed by atoms with van der Waals surface area (Å²) < 4.78 is 5.13. The molecule has 0 saturated carbocycles. The Hall–Kier alpha value is -1.72. The first-order valence-electron chi connectivity index (χ1n) is 5.92. The number of aromatic amines is 2. The molecule has 1 aromatic rings. The van der Waals surface area contributed by atoms with Gasteiger partial charge >= 0.3 is 6.09 Å². The Morgan fingerprint density at radius 2 is 2.29 bits per heavy atom. The van der Waals surface area contributed by atoms with Crippen molar-refractivity contribution < 1.29 is 9.53 Å². The summed E-state index contributed by atoms with van der Waals surface area (Å²) in [5, 5.41) is 5.32. The molecule has 1 aromatic heterocycles. The first-order chi connectivity index (χ1) is 8.22. The van der Waals surface area contributed by atoms with E-state index in [0.29, 0.717) is 26.1 Å². The van der Waals surface area contributed by atoms with Crippen LogP contribution >= 0.6 is 0 Å². The summed E-state index contributed by atoms with van der Waals surface area (Å²) >= 11 is 0. The van der Waals surface area contributed by atoms with E-state index in [-0.39, 0.29) is 11.7 Å². The molecule has 0 atom stereocenters. The number of rotatable bonds is 3. The molecule has 1 aliphatic heterocycles. The van der Waals surface area contributed by atoms with Gasteiger partial charge in [0.15, 0.2) is 0 Å². The number of nitrogens with one attached hydrogen (secondary N) is 2. The highest BCUT2D eigenvalue weighted by Crippen LogP contribution is 2.13. The average Bonchev–Trinajstić information content (AvgIpc) is 2.71. The standard InChI is InChI=1S/C11H17N3O3/c1-2-3-6-17-11(16)14-5-4-8-9(7-14)12-13-10(8)15/h2-7H2,1H3,(H2,12,13,15). The molecule has 6 heteroatoms. The lowest BCUT2D eigenvalue weighted by atomic mass is 10.1. The van der Waals surface area contributed by atoms with Crippen molar-refractivity contribution in [3.8, 4) is 0 Å². The maximum Gasteiger partial charge on any atom is 0.410 e. The van der Waals surface area contributed by atoms with Crippen LogP contribution in [-0.2, 0) is 17.7 Å². The fourth-order valence-electron chi connectivity index (χ4n) is 1.89. The molecule has 0 unspecified atom stereocenters. The number of H-pyrrole nitrogens is 2. The SMILES string of the molecule is CCCCOC(=O)N1CCc2c([nH][nH]c2=O)C1. The van der Waals surface area contributed by atoms with Crippen LogP contribution in [0.5, 0.6) is 0 Å². The Morgan fingerprint density at radius 3 is 3.06 bits per heavy atom. The number of aromatic nitrogens is 2. The summed E-state index contributed by atoms with van der Waals surface area (Å²) in [4.78, 5) is 24.6. The molecule has 94 valence electrons. The van der Waals surface area contributed by atoms with Gasteiger partial charge in [-0.15, -0.1) is 0 Å². The summed E-state index contributed by atoms with van der Waals surface area (Å²) in [5.74, 6) is 0. The van der Waals surface area contributed by atoms with Crippen molar-refractivity contribution in [1.29, 1.82) is 0 Å². The Bertz CT molecular complexity index is 449. The normalized spacial score (nSPS) is 14.5. The van der Waals surface area contributed by atoms with E-state index in [2.05, 4.69) is 10.2 Å². The van der Waals surface area contributed by atoms with Crippen molar-refractivity contribution in [2.45, 2.75) is 32.7 Å². The molecule has 0 aromatic carbocycles. The molecule has 0 fully saturated rings. The van der Waals surface area contributed by atoms with Gasteiger partial charge in [-0.1, -0.05) is 13.3 Å². The number of carbonyl (C=O) groups is 1. The minimum Gasteiger partial charge on any atom is -0.449 e. The zero-order valence-corrected chi connectivity index (χ0v) is 9.91. The van der Waals surface area contributed by atoms with Crippen molar-refractivity contribution in [2.75, 3.05) is 13.2 Å². The average molecular weight is 239 g/mol. The zero-order chi connectivity index (χ0) is 12.3. The molecule has 2 N–H and O–H groups in total. The number of carbonyl (C=O) groups excluding carboxylic acids is 1. The van der Waals surface area contributed by atoms with Crippen molar-refractivity contribution in [3.05, 3.63) is 21.6 Å². The summed E-state index contributed by atoms with van der Waals surface area (Å²) in [6, 6.07) is 0. The highest BCUT2D eigenvalue weighted by molar-refractivity contribution is 5.68. The van der Waals surface area contributed by atoms with Gasteiger partial charge < -0.3 is 14.7 Å². The second kappa shape index (κ2) is 5.07. The van der Waals surface area contributed by atoms with Gasteiger partial charge in [-0.25, -0.2) is 4.79 Å². The van der Waals surface area contributed by atoms with E-state index in [4.69, 9.17) is 4.74 Å². The molecule has 1 amide bonds. The smallest absolute Gasteiger partial charge is 0.410 e. The molecule has 0 saturated heterocycles. The zero-order valence-electron chi connectivity index (χ0n) is 9.91. The topological polar surface area (TPSA) is 78.2 Å². The molecule has 0 radical (unpaired) electrons. The van der Waals surface area contributed by atoms with Gasteiger partial charge in [-0.05, 0) is 12.8 Å². The van der Waals surface area contributed by atoms with Crippen molar-refractivity contribution in [1.82, 2.24) is 15.1 Å². The molecule has 2 heterocycles. The van der Waals surface area contributed by atoms with E-state index in [0.717, 1.165) is 24.1 Å². The Labute approximate surface area is 98.9 Å². The van der Waals surface area contributed by atoms with E-state index < -0.39 is 0 Å². The maximum absolute atomic E-state index is 11.7. The predicted molar refractivity (Wildman–Crippen MR) is 61.8 cm³/mol. The monoisotopic (exact) mass is 239 g/mol. The van der Waals surface area contributed by atoms with E-state index in [1.807, 2.05) is 6.92 Å². The third-order valence-corrected chi connectivity index (χ3v) is 2.93. The van der Waals surface area contributed by atoms with E-state index >= 15 is 0 Å². The second-order valence-electron chi connectivity index (χ2n) is 4.18. The van der Waals surface area contributed by atoms with Gasteiger partial charge in [0, 0.05) is 12.1 Å². The van der Waals surface area contributed by atoms with Crippen LogP contribution in [-0.4, -0.2) is 34.3 Å². The molecule has 2 rings (SSSR count). The maximum atomic E-state index is 11.7. The lowest BCUT2D eigenvalue weighted by Crippen LogP contribution is -2.37. The number of unbranched alkanes of at least 4 members (excludes halogenated alkanes) is 1. The molecule has 0 spiro atoms. The second-order valence-corrected chi connectivity index (χ2v) is 4.18. The van der Waals surface area contributed by atoms with Crippen molar-refractivity contribution >= 4 is 6.09 Å². The largest absolute Gasteiger partial charge is 0.449 e. The molecule has 1 aliphatic rings. The van der Waals surface area contributed by atoms with Gasteiger partial charge in [-0.3, -0.25) is 9.89 Å². The molecular weight excluding hydrogens is 222 g/mol. The van der Waals surface area contributed by atoms with E-state index in [9.17, 15) is 9.59 Å². The highest BCUT2D eigenvalue weighted by Gasteiger charge is 2.24. The number of hydrogen-bond donors (Lipinski definition) is 2. The van der Waals surface area contributed by atoms with E-state index in [1.54, 1.807) is 4.90 Å². The molecular formula is C11H17N3O3. The fraction of sp³-hybridized carbons (Fsp3) is 0.636. The third-order valence-electron chi connectivity index (χ3n) is 2.93. The number of hydrogen-bond acceptors (Lipinski definition) is 3. The van der Waals surface area contributed by atoms with Crippen LogP contribution in [0.15, 0.2) is 4.79 Å². The van der Waals surface area contributed by atoms with Crippen molar-refractivity contribution in [2.24, 2.45) is 0 Å². The Balaban J connectivity index is 1.93. The minimum atomic E-state index is -0.300. The summed E-state index contributed by atoms with van der Waals surface area (Å²) in [7, 11) is 0. The van der Waals surface area contributed by atoms with E-state index in [1.165, 1.54) is 0 Å². The van der Waals surface area contributed by atoms with Gasteiger partial charge in [0.1, 0.15) is 0 Å². The molecule has 0 aliphatic carbocycles. The predicted octanol–water partition coefficient (Wildman–Crippen LogP) is 0.998. The van der Waals surface area contributed by atoms with Crippen LogP contribution in [0.3, 0.4) is 0 Å².